The van der Waals surface area contributed by atoms with E-state index < -0.39 is 0 Å². The normalized spacial score (nSPS) is 48.3. The predicted octanol–water partition coefficient (Wildman–Crippen LogP) is 1.51. The zero-order valence-corrected chi connectivity index (χ0v) is 17.1. The van der Waals surface area contributed by atoms with Crippen LogP contribution in [0.1, 0.15) is 26.7 Å². The second-order valence-corrected chi connectivity index (χ2v) is 15.5. The van der Waals surface area contributed by atoms with E-state index in [1.54, 1.807) is 0 Å². The first-order valence-electron chi connectivity index (χ1n) is 6.52. The summed E-state index contributed by atoms with van der Waals surface area (Å²) < 4.78 is 1.45. The van der Waals surface area contributed by atoms with Crippen molar-refractivity contribution < 1.29 is 21.2 Å². The summed E-state index contributed by atoms with van der Waals surface area (Å²) in [4.78, 5) is 2.49. The first-order valence-corrected chi connectivity index (χ1v) is 12.1. The van der Waals surface area contributed by atoms with E-state index in [1.807, 2.05) is 5.57 Å². The molecule has 4 aliphatic rings. The summed E-state index contributed by atoms with van der Waals surface area (Å²) in [5, 5.41) is 0. The summed E-state index contributed by atoms with van der Waals surface area (Å²) in [6.45, 7) is 5.01. The Morgan fingerprint density at radius 1 is 1.41 bits per heavy atom. The summed E-state index contributed by atoms with van der Waals surface area (Å²) in [6.07, 6.45) is 5.67. The summed E-state index contributed by atoms with van der Waals surface area (Å²) >= 11 is 5.84. The molecule has 0 aromatic heterocycles. The number of hydrogen-bond donors (Lipinski definition) is 0. The third-order valence-electron chi connectivity index (χ3n) is 5.27. The molecule has 4 rings (SSSR count). The van der Waals surface area contributed by atoms with Gasteiger partial charge in [0.2, 0.25) is 0 Å². The minimum absolute atomic E-state index is 0.326. The van der Waals surface area contributed by atoms with Crippen molar-refractivity contribution in [3.63, 3.8) is 0 Å². The molecule has 3 heteroatoms. The van der Waals surface area contributed by atoms with E-state index in [1.165, 1.54) is 12.8 Å². The number of hydrogen-bond acceptors (Lipinski definition) is 0. The van der Waals surface area contributed by atoms with Crippen molar-refractivity contribution in [2.24, 2.45) is 29.6 Å². The molecule has 0 aromatic rings. The molecule has 0 aromatic carbocycles. The van der Waals surface area contributed by atoms with Gasteiger partial charge in [-0.15, -0.1) is 0 Å². The summed E-state index contributed by atoms with van der Waals surface area (Å²) in [6, 6.07) is 0. The predicted molar refractivity (Wildman–Crippen MR) is 86.6 cm³/mol. The number of alkyl halides is 4. The van der Waals surface area contributed by atoms with Crippen LogP contribution in [0.2, 0.25) is 0 Å². The second kappa shape index (κ2) is 4.74. The van der Waals surface area contributed by atoms with Crippen molar-refractivity contribution in [1.82, 2.24) is 0 Å². The van der Waals surface area contributed by atoms with Crippen LogP contribution in [0.4, 0.5) is 0 Å². The molecular weight excluding hydrogens is 549 g/mol. The second-order valence-electron chi connectivity index (χ2n) is 5.96. The van der Waals surface area contributed by atoms with Crippen molar-refractivity contribution in [3.8, 4) is 0 Å². The molecule has 0 heterocycles. The molecule has 4 bridgehead atoms. The Labute approximate surface area is 143 Å². The molecule has 0 radical (unpaired) electrons. The zero-order valence-electron chi connectivity index (χ0n) is 10.6. The van der Waals surface area contributed by atoms with E-state index >= 15 is 0 Å². The average Bonchev–Trinajstić information content (AvgIpc) is 2.49. The van der Waals surface area contributed by atoms with Crippen LogP contribution < -0.4 is 21.2 Å². The zero-order chi connectivity index (χ0) is 12.4. The molecule has 2 saturated carbocycles. The van der Waals surface area contributed by atoms with Crippen LogP contribution in [0.3, 0.4) is 0 Å². The Morgan fingerprint density at radius 2 is 2.06 bits per heavy atom. The Bertz CT molecular complexity index is 358. The van der Waals surface area contributed by atoms with Gasteiger partial charge in [0.1, 0.15) is 0 Å². The number of fused-ring (bicyclic) bond motifs is 1. The van der Waals surface area contributed by atoms with Gasteiger partial charge in [0.05, 0.1) is 0 Å². The molecular formula is C14H20I3-. The maximum absolute atomic E-state index is 2.81. The molecule has 2 fully saturated rings. The number of rotatable bonds is 3. The van der Waals surface area contributed by atoms with Gasteiger partial charge in [-0.3, -0.25) is 0 Å². The van der Waals surface area contributed by atoms with Gasteiger partial charge in [-0.2, -0.15) is 0 Å². The topological polar surface area (TPSA) is 0 Å². The first-order chi connectivity index (χ1) is 7.97. The van der Waals surface area contributed by atoms with Crippen molar-refractivity contribution in [2.75, 3.05) is 4.93 Å². The molecule has 98 valence electrons. The summed E-state index contributed by atoms with van der Waals surface area (Å²) in [7, 11) is 0. The van der Waals surface area contributed by atoms with E-state index in [2.05, 4.69) is 70.0 Å². The van der Waals surface area contributed by atoms with Crippen LogP contribution >= 0.6 is 45.2 Å². The quantitative estimate of drug-likeness (QED) is 0.275. The Kier molecular flexibility index (Phi) is 3.87. The van der Waals surface area contributed by atoms with Crippen LogP contribution in [0.25, 0.3) is 0 Å². The van der Waals surface area contributed by atoms with Gasteiger partial charge in [-0.05, 0) is 0 Å². The van der Waals surface area contributed by atoms with Gasteiger partial charge in [-0.25, -0.2) is 0 Å². The average molecular weight is 569 g/mol. The summed E-state index contributed by atoms with van der Waals surface area (Å²) in [5.41, 5.74) is 1.88. The van der Waals surface area contributed by atoms with Gasteiger partial charge in [0, 0.05) is 0 Å². The molecule has 17 heavy (non-hydrogen) atoms. The van der Waals surface area contributed by atoms with E-state index in [-0.39, 0.29) is 0 Å². The van der Waals surface area contributed by atoms with Gasteiger partial charge in [0.15, 0.2) is 0 Å². The molecule has 0 saturated heterocycles. The standard InChI is InChI=1S/C14H20I3/c1-7(15)12-11-6-10-8(11)4-5-9(10)13(12)14(2,16)17-3/h6-9,11-13H,4-5H2,1-3H3/q-1/t7-,8?,9?,11?,12?,13?,14?/m0/s1. The van der Waals surface area contributed by atoms with Gasteiger partial charge in [-0.1, -0.05) is 0 Å². The summed E-state index contributed by atoms with van der Waals surface area (Å²) in [5.74, 6) is 4.88. The van der Waals surface area contributed by atoms with Crippen LogP contribution in [0.15, 0.2) is 11.6 Å². The van der Waals surface area contributed by atoms with Crippen LogP contribution in [-0.2, 0) is 0 Å². The van der Waals surface area contributed by atoms with Crippen molar-refractivity contribution >= 4 is 45.2 Å². The van der Waals surface area contributed by atoms with E-state index in [0.717, 1.165) is 33.5 Å². The molecule has 0 amide bonds. The fourth-order valence-corrected chi connectivity index (χ4v) is 7.88. The Balaban J connectivity index is 1.99. The maximum atomic E-state index is 2.81. The van der Waals surface area contributed by atoms with Gasteiger partial charge < -0.3 is 0 Å². The van der Waals surface area contributed by atoms with E-state index in [0.29, 0.717) is 22.6 Å². The van der Waals surface area contributed by atoms with E-state index in [9.17, 15) is 0 Å². The molecule has 4 aliphatic carbocycles. The van der Waals surface area contributed by atoms with Crippen LogP contribution in [0.5, 0.6) is 0 Å². The van der Waals surface area contributed by atoms with Crippen molar-refractivity contribution in [2.45, 2.75) is 32.0 Å². The fourth-order valence-electron chi connectivity index (χ4n) is 4.53. The van der Waals surface area contributed by atoms with Crippen LogP contribution in [0, 0.1) is 29.6 Å². The van der Waals surface area contributed by atoms with Crippen LogP contribution in [-0.4, -0.2) is 10.3 Å². The minimum atomic E-state index is 0.326. The molecule has 0 spiro atoms. The van der Waals surface area contributed by atoms with Crippen molar-refractivity contribution in [3.05, 3.63) is 11.6 Å². The van der Waals surface area contributed by atoms with E-state index in [4.69, 9.17) is 0 Å². The van der Waals surface area contributed by atoms with Gasteiger partial charge >= 0.3 is 145 Å². The molecule has 0 N–H and O–H groups in total. The third kappa shape index (κ3) is 1.98. The monoisotopic (exact) mass is 569 g/mol. The first kappa shape index (κ1) is 13.9. The number of allylic oxidation sites excluding steroid dienone is 2. The molecule has 6 unspecified atom stereocenters. The molecule has 0 aliphatic heterocycles. The molecule has 0 nitrogen and oxygen atoms in total. The Hall–Kier alpha value is 1.93. The van der Waals surface area contributed by atoms with Crippen molar-refractivity contribution in [1.29, 1.82) is 0 Å². The number of halogens is 3. The molecule has 7 atom stereocenters. The van der Waals surface area contributed by atoms with Gasteiger partial charge in [0.25, 0.3) is 0 Å². The third-order valence-corrected chi connectivity index (χ3v) is 12.4. The fraction of sp³-hybridized carbons (Fsp3) is 0.857. The SMILES string of the molecule is C[I-]C(C)(I)C1C2CCC3C2=CC3C1[C@H](C)I. The Morgan fingerprint density at radius 3 is 2.65 bits per heavy atom.